The number of rotatable bonds is 9. The van der Waals surface area contributed by atoms with Crippen molar-refractivity contribution in [1.29, 1.82) is 0 Å². The predicted octanol–water partition coefficient (Wildman–Crippen LogP) is 2.95. The molecular formula is C25H36N4O2. The maximum atomic E-state index is 9.65. The molecule has 0 atom stereocenters. The van der Waals surface area contributed by atoms with Gasteiger partial charge < -0.3 is 20.5 Å². The smallest absolute Gasteiger partial charge is 0.191 e. The van der Waals surface area contributed by atoms with Gasteiger partial charge >= 0.3 is 0 Å². The van der Waals surface area contributed by atoms with Crippen molar-refractivity contribution in [2.75, 3.05) is 33.3 Å². The topological polar surface area (TPSA) is 69.1 Å². The van der Waals surface area contributed by atoms with Crippen molar-refractivity contribution >= 4 is 5.96 Å². The molecule has 31 heavy (non-hydrogen) atoms. The normalized spacial score (nSPS) is 15.6. The van der Waals surface area contributed by atoms with Crippen LogP contribution in [-0.4, -0.2) is 55.4 Å². The quantitative estimate of drug-likeness (QED) is 0.427. The van der Waals surface area contributed by atoms with Gasteiger partial charge in [-0.2, -0.15) is 0 Å². The molecule has 0 amide bonds. The first-order chi connectivity index (χ1) is 15.2. The number of aliphatic imine (C=N–C) groups is 1. The van der Waals surface area contributed by atoms with E-state index in [0.717, 1.165) is 63.7 Å². The van der Waals surface area contributed by atoms with E-state index in [1.54, 1.807) is 7.11 Å². The number of aliphatic hydroxyl groups is 1. The van der Waals surface area contributed by atoms with Gasteiger partial charge in [0.15, 0.2) is 5.96 Å². The minimum Gasteiger partial charge on any atom is -0.496 e. The van der Waals surface area contributed by atoms with Gasteiger partial charge in [-0.25, -0.2) is 4.99 Å². The Morgan fingerprint density at radius 3 is 2.48 bits per heavy atom. The van der Waals surface area contributed by atoms with E-state index in [9.17, 15) is 5.11 Å². The van der Waals surface area contributed by atoms with Crippen LogP contribution in [0, 0.1) is 0 Å². The second-order valence-corrected chi connectivity index (χ2v) is 8.01. The molecule has 0 aliphatic carbocycles. The van der Waals surface area contributed by atoms with Crippen LogP contribution in [-0.2, 0) is 19.5 Å². The average Bonchev–Trinajstić information content (AvgIpc) is 2.80. The van der Waals surface area contributed by atoms with Crippen LogP contribution in [0.3, 0.4) is 0 Å². The molecule has 1 aliphatic rings. The second-order valence-electron chi connectivity index (χ2n) is 8.01. The highest BCUT2D eigenvalue weighted by Crippen LogP contribution is 2.17. The molecule has 2 aromatic carbocycles. The molecule has 0 radical (unpaired) electrons. The van der Waals surface area contributed by atoms with Crippen molar-refractivity contribution < 1.29 is 9.84 Å². The summed E-state index contributed by atoms with van der Waals surface area (Å²) in [7, 11) is 1.71. The summed E-state index contributed by atoms with van der Waals surface area (Å²) in [5.74, 6) is 1.75. The van der Waals surface area contributed by atoms with Gasteiger partial charge in [0, 0.05) is 32.7 Å². The molecule has 3 rings (SSSR count). The molecule has 0 unspecified atom stereocenters. The van der Waals surface area contributed by atoms with Crippen LogP contribution in [0.1, 0.15) is 36.5 Å². The summed E-state index contributed by atoms with van der Waals surface area (Å²) in [5.41, 5.74) is 3.69. The number of nitrogens with zero attached hydrogens (tertiary/aromatic N) is 2. The summed E-state index contributed by atoms with van der Waals surface area (Å²) in [5, 5.41) is 16.4. The summed E-state index contributed by atoms with van der Waals surface area (Å²) in [6, 6.07) is 16.8. The Hall–Kier alpha value is -2.57. The van der Waals surface area contributed by atoms with E-state index < -0.39 is 0 Å². The Bertz CT molecular complexity index is 815. The minimum atomic E-state index is -0.120. The Kier molecular flexibility index (Phi) is 9.18. The first-order valence-corrected chi connectivity index (χ1v) is 11.3. The number of piperidine rings is 1. The van der Waals surface area contributed by atoms with Gasteiger partial charge in [-0.1, -0.05) is 42.5 Å². The number of para-hydroxylation sites is 1. The number of hydrogen-bond acceptors (Lipinski definition) is 4. The van der Waals surface area contributed by atoms with E-state index in [4.69, 9.17) is 9.73 Å². The van der Waals surface area contributed by atoms with Crippen molar-refractivity contribution in [2.24, 2.45) is 4.99 Å². The molecule has 0 bridgehead atoms. The maximum Gasteiger partial charge on any atom is 0.191 e. The lowest BCUT2D eigenvalue weighted by molar-refractivity contribution is 0.0792. The maximum absolute atomic E-state index is 9.65. The van der Waals surface area contributed by atoms with E-state index in [1.807, 2.05) is 18.2 Å². The summed E-state index contributed by atoms with van der Waals surface area (Å²) in [4.78, 5) is 7.15. The van der Waals surface area contributed by atoms with Crippen molar-refractivity contribution in [3.8, 4) is 5.75 Å². The predicted molar refractivity (Wildman–Crippen MR) is 126 cm³/mol. The largest absolute Gasteiger partial charge is 0.496 e. The van der Waals surface area contributed by atoms with Gasteiger partial charge in [0.1, 0.15) is 5.75 Å². The standard InChI is InChI=1S/C25H36N4O2/c1-3-26-25(27-15-12-22-6-4-5-7-24(22)31-2)28-18-20-8-10-21(11-9-20)19-29-16-13-23(30)14-17-29/h4-11,23,30H,3,12-19H2,1-2H3,(H2,26,27,28). The van der Waals surface area contributed by atoms with Crippen LogP contribution < -0.4 is 15.4 Å². The van der Waals surface area contributed by atoms with E-state index in [0.29, 0.717) is 6.54 Å². The third kappa shape index (κ3) is 7.56. The zero-order valence-electron chi connectivity index (χ0n) is 18.8. The molecular weight excluding hydrogens is 388 g/mol. The van der Waals surface area contributed by atoms with E-state index in [2.05, 4.69) is 52.8 Å². The zero-order valence-corrected chi connectivity index (χ0v) is 18.8. The van der Waals surface area contributed by atoms with Crippen LogP contribution in [0.25, 0.3) is 0 Å². The Morgan fingerprint density at radius 1 is 1.06 bits per heavy atom. The highest BCUT2D eigenvalue weighted by molar-refractivity contribution is 5.79. The molecule has 3 N–H and O–H groups in total. The van der Waals surface area contributed by atoms with Crippen LogP contribution in [0.4, 0.5) is 0 Å². The third-order valence-corrected chi connectivity index (χ3v) is 5.63. The number of aliphatic hydroxyl groups excluding tert-OH is 1. The number of hydrogen-bond donors (Lipinski definition) is 3. The molecule has 1 aliphatic heterocycles. The highest BCUT2D eigenvalue weighted by Gasteiger charge is 2.16. The molecule has 0 spiro atoms. The number of guanidine groups is 1. The van der Waals surface area contributed by atoms with Gasteiger partial charge in [-0.3, -0.25) is 4.90 Å². The SMILES string of the molecule is CCNC(=NCc1ccc(CN2CCC(O)CC2)cc1)NCCc1ccccc1OC. The number of nitrogens with one attached hydrogen (secondary N) is 2. The van der Waals surface area contributed by atoms with Crippen LogP contribution in [0.2, 0.25) is 0 Å². The van der Waals surface area contributed by atoms with Crippen LogP contribution in [0.15, 0.2) is 53.5 Å². The van der Waals surface area contributed by atoms with Gasteiger partial charge in [-0.05, 0) is 48.9 Å². The molecule has 6 nitrogen and oxygen atoms in total. The monoisotopic (exact) mass is 424 g/mol. The van der Waals surface area contributed by atoms with E-state index >= 15 is 0 Å². The molecule has 1 saturated heterocycles. The zero-order chi connectivity index (χ0) is 21.9. The highest BCUT2D eigenvalue weighted by atomic mass is 16.5. The molecule has 0 aromatic heterocycles. The Balaban J connectivity index is 1.49. The molecule has 6 heteroatoms. The van der Waals surface area contributed by atoms with Gasteiger partial charge in [-0.15, -0.1) is 0 Å². The van der Waals surface area contributed by atoms with Gasteiger partial charge in [0.2, 0.25) is 0 Å². The molecule has 2 aromatic rings. The summed E-state index contributed by atoms with van der Waals surface area (Å²) >= 11 is 0. The van der Waals surface area contributed by atoms with Gasteiger partial charge in [0.25, 0.3) is 0 Å². The second kappa shape index (κ2) is 12.3. The first kappa shape index (κ1) is 23.1. The van der Waals surface area contributed by atoms with E-state index in [-0.39, 0.29) is 6.10 Å². The van der Waals surface area contributed by atoms with Crippen molar-refractivity contribution in [1.82, 2.24) is 15.5 Å². The van der Waals surface area contributed by atoms with Gasteiger partial charge in [0.05, 0.1) is 19.8 Å². The molecule has 1 fully saturated rings. The first-order valence-electron chi connectivity index (χ1n) is 11.3. The average molecular weight is 425 g/mol. The van der Waals surface area contributed by atoms with Crippen molar-refractivity contribution in [3.63, 3.8) is 0 Å². The van der Waals surface area contributed by atoms with Crippen molar-refractivity contribution in [2.45, 2.75) is 45.4 Å². The number of likely N-dealkylation sites (tertiary alicyclic amines) is 1. The van der Waals surface area contributed by atoms with E-state index in [1.165, 1.54) is 16.7 Å². The lowest BCUT2D eigenvalue weighted by atomic mass is 10.1. The summed E-state index contributed by atoms with van der Waals surface area (Å²) in [6.45, 7) is 7.22. The lowest BCUT2D eigenvalue weighted by Gasteiger charge is -2.29. The molecule has 0 saturated carbocycles. The fraction of sp³-hybridized carbons (Fsp3) is 0.480. The Morgan fingerprint density at radius 2 is 1.77 bits per heavy atom. The third-order valence-electron chi connectivity index (χ3n) is 5.63. The van der Waals surface area contributed by atoms with Crippen LogP contribution in [0.5, 0.6) is 5.75 Å². The Labute approximate surface area is 186 Å². The molecule has 168 valence electrons. The lowest BCUT2D eigenvalue weighted by Crippen LogP contribution is -2.38. The fourth-order valence-electron chi connectivity index (χ4n) is 3.82. The number of methoxy groups -OCH3 is 1. The van der Waals surface area contributed by atoms with Crippen LogP contribution >= 0.6 is 0 Å². The summed E-state index contributed by atoms with van der Waals surface area (Å²) in [6.07, 6.45) is 2.51. The summed E-state index contributed by atoms with van der Waals surface area (Å²) < 4.78 is 5.43. The van der Waals surface area contributed by atoms with Crippen molar-refractivity contribution in [3.05, 3.63) is 65.2 Å². The molecule has 1 heterocycles. The number of ether oxygens (including phenoxy) is 1. The number of benzene rings is 2. The minimum absolute atomic E-state index is 0.120. The fourth-order valence-corrected chi connectivity index (χ4v) is 3.82.